The zero-order valence-corrected chi connectivity index (χ0v) is 18.1. The molecule has 1 amide bonds. The minimum absolute atomic E-state index is 0.00864. The van der Waals surface area contributed by atoms with Crippen LogP contribution in [-0.2, 0) is 16.9 Å². The molecule has 4 aliphatic rings. The van der Waals surface area contributed by atoms with Gasteiger partial charge in [0.15, 0.2) is 11.5 Å². The maximum absolute atomic E-state index is 13.6. The monoisotopic (exact) mass is 435 g/mol. The summed E-state index contributed by atoms with van der Waals surface area (Å²) in [6.07, 6.45) is 6.20. The van der Waals surface area contributed by atoms with Gasteiger partial charge in [-0.2, -0.15) is 0 Å². The van der Waals surface area contributed by atoms with Crippen molar-refractivity contribution in [3.8, 4) is 17.2 Å². The molecule has 162 valence electrons. The molecule has 5 nitrogen and oxygen atoms in total. The van der Waals surface area contributed by atoms with Crippen molar-refractivity contribution in [2.45, 2.75) is 18.0 Å². The molecule has 0 fully saturated rings. The van der Waals surface area contributed by atoms with E-state index in [1.165, 1.54) is 0 Å². The topological polar surface area (TPSA) is 48.0 Å². The number of carbonyl (C=O) groups excluding carboxylic acids is 1. The van der Waals surface area contributed by atoms with Gasteiger partial charge in [0.05, 0.1) is 7.11 Å². The molecule has 0 N–H and O–H groups in total. The molecular weight excluding hydrogens is 414 g/mol. The Balaban J connectivity index is 1.55. The molecule has 0 bridgehead atoms. The third-order valence-electron chi connectivity index (χ3n) is 7.36. The Labute approximate surface area is 191 Å². The number of amides is 1. The number of para-hydroxylation sites is 1. The van der Waals surface area contributed by atoms with Gasteiger partial charge in [0.25, 0.3) is 0 Å². The van der Waals surface area contributed by atoms with E-state index in [-0.39, 0.29) is 18.6 Å². The van der Waals surface area contributed by atoms with Crippen LogP contribution in [0.1, 0.15) is 33.7 Å². The zero-order chi connectivity index (χ0) is 22.2. The van der Waals surface area contributed by atoms with Gasteiger partial charge in [0.2, 0.25) is 12.7 Å². The van der Waals surface area contributed by atoms with Crippen molar-refractivity contribution in [1.29, 1.82) is 0 Å². The lowest BCUT2D eigenvalue weighted by Crippen LogP contribution is -2.53. The highest BCUT2D eigenvalue weighted by Crippen LogP contribution is 2.62. The molecule has 0 aromatic heterocycles. The van der Waals surface area contributed by atoms with Crippen molar-refractivity contribution in [1.82, 2.24) is 4.90 Å². The fourth-order valence-electron chi connectivity index (χ4n) is 6.03. The van der Waals surface area contributed by atoms with E-state index in [1.807, 2.05) is 41.3 Å². The van der Waals surface area contributed by atoms with E-state index in [0.717, 1.165) is 50.6 Å². The molecule has 0 unspecified atom stereocenters. The second-order valence-electron chi connectivity index (χ2n) is 8.78. The van der Waals surface area contributed by atoms with Gasteiger partial charge in [-0.15, -0.1) is 0 Å². The number of nitrogens with zero attached hydrogens (tertiary/aromatic N) is 1. The lowest BCUT2D eigenvalue weighted by Gasteiger charge is -2.52. The number of hydrogen-bond acceptors (Lipinski definition) is 4. The van der Waals surface area contributed by atoms with E-state index >= 15 is 0 Å². The normalized spacial score (nSPS) is 23.4. The quantitative estimate of drug-likeness (QED) is 0.576. The minimum atomic E-state index is -0.669. The van der Waals surface area contributed by atoms with Crippen molar-refractivity contribution in [3.63, 3.8) is 0 Å². The minimum Gasteiger partial charge on any atom is -0.496 e. The molecule has 1 spiro atoms. The fraction of sp³-hybridized carbons (Fsp3) is 0.179. The molecule has 33 heavy (non-hydrogen) atoms. The summed E-state index contributed by atoms with van der Waals surface area (Å²) in [4.78, 5) is 15.6. The number of methoxy groups -OCH3 is 1. The van der Waals surface area contributed by atoms with Crippen LogP contribution in [0.25, 0.3) is 11.6 Å². The molecule has 0 saturated carbocycles. The SMILES string of the molecule is COc1ccccc1C1=CC(=O)N2Cc3cc4c(cc3[C@H]3C=Cc5ccccc5[C@]132)OCO4. The van der Waals surface area contributed by atoms with Gasteiger partial charge in [-0.1, -0.05) is 54.6 Å². The highest BCUT2D eigenvalue weighted by molar-refractivity contribution is 6.06. The van der Waals surface area contributed by atoms with Crippen LogP contribution in [0.3, 0.4) is 0 Å². The molecule has 0 saturated heterocycles. The smallest absolute Gasteiger partial charge is 0.248 e. The third-order valence-corrected chi connectivity index (χ3v) is 7.36. The van der Waals surface area contributed by atoms with Gasteiger partial charge in [0.1, 0.15) is 11.3 Å². The van der Waals surface area contributed by atoms with Crippen LogP contribution in [-0.4, -0.2) is 24.7 Å². The lowest BCUT2D eigenvalue weighted by molar-refractivity contribution is -0.130. The Morgan fingerprint density at radius 3 is 2.70 bits per heavy atom. The molecule has 1 aliphatic carbocycles. The van der Waals surface area contributed by atoms with E-state index in [2.05, 4.69) is 36.4 Å². The van der Waals surface area contributed by atoms with Crippen LogP contribution in [0.4, 0.5) is 0 Å². The Morgan fingerprint density at radius 2 is 1.82 bits per heavy atom. The van der Waals surface area contributed by atoms with Gasteiger partial charge in [0, 0.05) is 24.1 Å². The Hall–Kier alpha value is -3.99. The van der Waals surface area contributed by atoms with Gasteiger partial charge in [-0.05, 0) is 46.0 Å². The number of carbonyl (C=O) groups is 1. The second kappa shape index (κ2) is 6.51. The lowest BCUT2D eigenvalue weighted by atomic mass is 9.62. The zero-order valence-electron chi connectivity index (χ0n) is 18.1. The van der Waals surface area contributed by atoms with Crippen molar-refractivity contribution in [2.24, 2.45) is 0 Å². The Kier molecular flexibility index (Phi) is 3.67. The second-order valence-corrected chi connectivity index (χ2v) is 8.78. The van der Waals surface area contributed by atoms with Crippen LogP contribution >= 0.6 is 0 Å². The summed E-state index contributed by atoms with van der Waals surface area (Å²) in [6, 6.07) is 20.5. The number of rotatable bonds is 2. The molecule has 0 radical (unpaired) electrons. The van der Waals surface area contributed by atoms with E-state index in [1.54, 1.807) is 13.2 Å². The molecule has 7 rings (SSSR count). The first-order valence-corrected chi connectivity index (χ1v) is 11.1. The summed E-state index contributed by atoms with van der Waals surface area (Å²) >= 11 is 0. The van der Waals surface area contributed by atoms with Crippen LogP contribution in [0, 0.1) is 0 Å². The highest BCUT2D eigenvalue weighted by Gasteiger charge is 2.58. The first-order valence-electron chi connectivity index (χ1n) is 11.1. The first kappa shape index (κ1) is 18.6. The predicted octanol–water partition coefficient (Wildman–Crippen LogP) is 4.87. The van der Waals surface area contributed by atoms with Gasteiger partial charge in [-0.3, -0.25) is 4.79 Å². The summed E-state index contributed by atoms with van der Waals surface area (Å²) in [7, 11) is 1.68. The Morgan fingerprint density at radius 1 is 1.03 bits per heavy atom. The van der Waals surface area contributed by atoms with E-state index in [4.69, 9.17) is 14.2 Å². The maximum Gasteiger partial charge on any atom is 0.248 e. The first-order chi connectivity index (χ1) is 16.2. The predicted molar refractivity (Wildman–Crippen MR) is 124 cm³/mol. The summed E-state index contributed by atoms with van der Waals surface area (Å²) < 4.78 is 17.1. The van der Waals surface area contributed by atoms with Crippen LogP contribution in [0.5, 0.6) is 17.2 Å². The van der Waals surface area contributed by atoms with Crippen LogP contribution in [0.15, 0.2) is 72.8 Å². The molecular formula is C28H21NO4. The van der Waals surface area contributed by atoms with Crippen molar-refractivity contribution >= 4 is 17.6 Å². The molecule has 5 heteroatoms. The van der Waals surface area contributed by atoms with E-state index < -0.39 is 5.54 Å². The van der Waals surface area contributed by atoms with Crippen molar-refractivity contribution in [2.75, 3.05) is 13.9 Å². The summed E-state index contributed by atoms with van der Waals surface area (Å²) in [5.74, 6) is 2.19. The van der Waals surface area contributed by atoms with Crippen LogP contribution in [0.2, 0.25) is 0 Å². The molecule has 3 heterocycles. The number of hydrogen-bond donors (Lipinski definition) is 0. The molecule has 3 aromatic carbocycles. The molecule has 3 aromatic rings. The van der Waals surface area contributed by atoms with Crippen molar-refractivity contribution in [3.05, 3.63) is 101 Å². The number of fused-ring (bicyclic) bond motifs is 4. The van der Waals surface area contributed by atoms with Gasteiger partial charge in [-0.25, -0.2) is 0 Å². The maximum atomic E-state index is 13.6. The Bertz CT molecular complexity index is 1400. The highest BCUT2D eigenvalue weighted by atomic mass is 16.7. The van der Waals surface area contributed by atoms with Crippen molar-refractivity contribution < 1.29 is 19.0 Å². The van der Waals surface area contributed by atoms with E-state index in [0.29, 0.717) is 6.54 Å². The average molecular weight is 435 g/mol. The standard InChI is InChI=1S/C28H21NO4/c1-31-24-9-5-3-7-19(24)23-14-27(30)29-15-18-12-25-26(33-16-32-25)13-20(18)22-11-10-17-6-2-4-8-21(17)28(22,23)29/h2-14,22H,15-16H2,1H3/t22-,28-/m1/s1. The largest absolute Gasteiger partial charge is 0.496 e. The summed E-state index contributed by atoms with van der Waals surface area (Å²) in [6.45, 7) is 0.723. The summed E-state index contributed by atoms with van der Waals surface area (Å²) in [5.41, 5.74) is 5.74. The average Bonchev–Trinajstić information content (AvgIpc) is 3.43. The summed E-state index contributed by atoms with van der Waals surface area (Å²) in [5, 5.41) is 0. The third kappa shape index (κ3) is 2.29. The molecule has 3 aliphatic heterocycles. The van der Waals surface area contributed by atoms with Gasteiger partial charge < -0.3 is 19.1 Å². The fourth-order valence-corrected chi connectivity index (χ4v) is 6.03. The van der Waals surface area contributed by atoms with Gasteiger partial charge >= 0.3 is 0 Å². The number of ether oxygens (including phenoxy) is 3. The van der Waals surface area contributed by atoms with E-state index in [9.17, 15) is 4.79 Å². The number of benzene rings is 3. The molecule has 2 atom stereocenters. The van der Waals surface area contributed by atoms with Crippen LogP contribution < -0.4 is 14.2 Å².